The lowest BCUT2D eigenvalue weighted by molar-refractivity contribution is -0.132. The number of nitrogens with zero attached hydrogens (tertiary/aromatic N) is 2. The van der Waals surface area contributed by atoms with Gasteiger partial charge < -0.3 is 10.2 Å². The van der Waals surface area contributed by atoms with Crippen molar-refractivity contribution < 1.29 is 4.79 Å². The van der Waals surface area contributed by atoms with Crippen molar-refractivity contribution in [2.75, 3.05) is 46.3 Å². The minimum Gasteiger partial charge on any atom is -0.342 e. The fraction of sp³-hybridized carbons (Fsp3) is 0.923. The molecule has 0 spiro atoms. The van der Waals surface area contributed by atoms with Crippen LogP contribution in [0.2, 0.25) is 0 Å². The second kappa shape index (κ2) is 9.59. The van der Waals surface area contributed by atoms with Gasteiger partial charge in [-0.3, -0.25) is 9.69 Å². The number of halogens is 1. The molecular formula is C13H28ClN3O. The maximum Gasteiger partial charge on any atom is 0.236 e. The Labute approximate surface area is 117 Å². The van der Waals surface area contributed by atoms with Crippen LogP contribution in [-0.2, 0) is 4.79 Å². The van der Waals surface area contributed by atoms with E-state index in [2.05, 4.69) is 10.2 Å². The molecular weight excluding hydrogens is 250 g/mol. The first kappa shape index (κ1) is 17.7. The van der Waals surface area contributed by atoms with Crippen molar-refractivity contribution in [3.8, 4) is 0 Å². The van der Waals surface area contributed by atoms with Gasteiger partial charge in [-0.1, -0.05) is 0 Å². The van der Waals surface area contributed by atoms with Gasteiger partial charge in [0.15, 0.2) is 0 Å². The molecule has 18 heavy (non-hydrogen) atoms. The summed E-state index contributed by atoms with van der Waals surface area (Å²) in [4.78, 5) is 16.2. The molecule has 1 amide bonds. The van der Waals surface area contributed by atoms with Crippen LogP contribution in [0.1, 0.15) is 26.7 Å². The Morgan fingerprint density at radius 1 is 1.28 bits per heavy atom. The molecule has 0 unspecified atom stereocenters. The SMILES string of the molecule is CCN(CC)C(=O)CN1CCC(CNC)CC1.Cl. The highest BCUT2D eigenvalue weighted by atomic mass is 35.5. The summed E-state index contributed by atoms with van der Waals surface area (Å²) in [5.41, 5.74) is 0. The third-order valence-corrected chi connectivity index (χ3v) is 3.67. The number of rotatable bonds is 6. The number of piperidine rings is 1. The van der Waals surface area contributed by atoms with Crippen molar-refractivity contribution in [1.82, 2.24) is 15.1 Å². The van der Waals surface area contributed by atoms with Gasteiger partial charge in [-0.25, -0.2) is 0 Å². The molecule has 4 nitrogen and oxygen atoms in total. The molecule has 0 atom stereocenters. The fourth-order valence-electron chi connectivity index (χ4n) is 2.50. The zero-order valence-corrected chi connectivity index (χ0v) is 12.8. The van der Waals surface area contributed by atoms with Gasteiger partial charge in [0, 0.05) is 13.1 Å². The minimum absolute atomic E-state index is 0. The van der Waals surface area contributed by atoms with Crippen molar-refractivity contribution in [2.45, 2.75) is 26.7 Å². The summed E-state index contributed by atoms with van der Waals surface area (Å²) < 4.78 is 0. The molecule has 0 aromatic heterocycles. The average Bonchev–Trinajstić information content (AvgIpc) is 2.33. The van der Waals surface area contributed by atoms with Gasteiger partial charge in [0.25, 0.3) is 0 Å². The molecule has 1 fully saturated rings. The maximum atomic E-state index is 12.0. The Morgan fingerprint density at radius 2 is 1.83 bits per heavy atom. The summed E-state index contributed by atoms with van der Waals surface area (Å²) in [7, 11) is 2.01. The van der Waals surface area contributed by atoms with Gasteiger partial charge in [0.2, 0.25) is 5.91 Å². The Balaban J connectivity index is 0.00000289. The number of hydrogen-bond donors (Lipinski definition) is 1. The molecule has 0 aromatic rings. The Morgan fingerprint density at radius 3 is 2.28 bits per heavy atom. The number of likely N-dealkylation sites (tertiary alicyclic amines) is 1. The van der Waals surface area contributed by atoms with Gasteiger partial charge in [0.1, 0.15) is 0 Å². The average molecular weight is 278 g/mol. The van der Waals surface area contributed by atoms with Crippen LogP contribution in [0.4, 0.5) is 0 Å². The summed E-state index contributed by atoms with van der Waals surface area (Å²) >= 11 is 0. The highest BCUT2D eigenvalue weighted by Gasteiger charge is 2.21. The predicted octanol–water partition coefficient (Wildman–Crippen LogP) is 1.21. The quantitative estimate of drug-likeness (QED) is 0.793. The van der Waals surface area contributed by atoms with E-state index in [1.165, 1.54) is 12.8 Å². The lowest BCUT2D eigenvalue weighted by atomic mass is 9.97. The second-order valence-corrected chi connectivity index (χ2v) is 4.84. The molecule has 108 valence electrons. The third kappa shape index (κ3) is 5.55. The zero-order chi connectivity index (χ0) is 12.7. The van der Waals surface area contributed by atoms with Crippen molar-refractivity contribution in [3.63, 3.8) is 0 Å². The largest absolute Gasteiger partial charge is 0.342 e. The van der Waals surface area contributed by atoms with Gasteiger partial charge in [-0.05, 0) is 59.3 Å². The van der Waals surface area contributed by atoms with Crippen LogP contribution in [-0.4, -0.2) is 62.0 Å². The van der Waals surface area contributed by atoms with E-state index in [4.69, 9.17) is 0 Å². The number of hydrogen-bond acceptors (Lipinski definition) is 3. The van der Waals surface area contributed by atoms with E-state index in [0.29, 0.717) is 6.54 Å². The van der Waals surface area contributed by atoms with E-state index < -0.39 is 0 Å². The first-order chi connectivity index (χ1) is 8.21. The van der Waals surface area contributed by atoms with Gasteiger partial charge in [0.05, 0.1) is 6.54 Å². The smallest absolute Gasteiger partial charge is 0.236 e. The third-order valence-electron chi connectivity index (χ3n) is 3.67. The standard InChI is InChI=1S/C13H27N3O.ClH/c1-4-16(5-2)13(17)11-15-8-6-12(7-9-15)10-14-3;/h12,14H,4-11H2,1-3H3;1H. The highest BCUT2D eigenvalue weighted by molar-refractivity contribution is 5.85. The molecule has 0 saturated carbocycles. The van der Waals surface area contributed by atoms with Gasteiger partial charge >= 0.3 is 0 Å². The monoisotopic (exact) mass is 277 g/mol. The predicted molar refractivity (Wildman–Crippen MR) is 78.3 cm³/mol. The molecule has 0 aliphatic carbocycles. The maximum absolute atomic E-state index is 12.0. The molecule has 0 aromatic carbocycles. The lowest BCUT2D eigenvalue weighted by Crippen LogP contribution is -2.44. The Kier molecular flexibility index (Phi) is 9.42. The first-order valence-electron chi connectivity index (χ1n) is 6.85. The van der Waals surface area contributed by atoms with Crippen LogP contribution in [0.5, 0.6) is 0 Å². The summed E-state index contributed by atoms with van der Waals surface area (Å²) in [6.45, 7) is 9.59. The molecule has 1 saturated heterocycles. The van der Waals surface area contributed by atoms with Crippen LogP contribution in [0.3, 0.4) is 0 Å². The Bertz CT molecular complexity index is 226. The molecule has 1 heterocycles. The molecule has 1 aliphatic rings. The molecule has 5 heteroatoms. The van der Waals surface area contributed by atoms with Crippen LogP contribution in [0.15, 0.2) is 0 Å². The Hall–Kier alpha value is -0.320. The van der Waals surface area contributed by atoms with E-state index in [1.54, 1.807) is 0 Å². The summed E-state index contributed by atoms with van der Waals surface area (Å²) in [5, 5.41) is 3.24. The minimum atomic E-state index is 0. The van der Waals surface area contributed by atoms with Crippen LogP contribution < -0.4 is 5.32 Å². The van der Waals surface area contributed by atoms with Crippen LogP contribution >= 0.6 is 12.4 Å². The topological polar surface area (TPSA) is 35.6 Å². The fourth-order valence-corrected chi connectivity index (χ4v) is 2.50. The number of carbonyl (C=O) groups is 1. The second-order valence-electron chi connectivity index (χ2n) is 4.84. The zero-order valence-electron chi connectivity index (χ0n) is 11.9. The molecule has 0 bridgehead atoms. The molecule has 0 radical (unpaired) electrons. The van der Waals surface area contributed by atoms with Crippen LogP contribution in [0.25, 0.3) is 0 Å². The first-order valence-corrected chi connectivity index (χ1v) is 6.85. The number of likely N-dealkylation sites (N-methyl/N-ethyl adjacent to an activating group) is 1. The highest BCUT2D eigenvalue weighted by Crippen LogP contribution is 2.16. The van der Waals surface area contributed by atoms with Crippen molar-refractivity contribution in [1.29, 1.82) is 0 Å². The van der Waals surface area contributed by atoms with Crippen molar-refractivity contribution in [2.24, 2.45) is 5.92 Å². The number of nitrogens with one attached hydrogen (secondary N) is 1. The van der Waals surface area contributed by atoms with Gasteiger partial charge in [-0.15, -0.1) is 12.4 Å². The van der Waals surface area contributed by atoms with Crippen molar-refractivity contribution in [3.05, 3.63) is 0 Å². The van der Waals surface area contributed by atoms with E-state index in [1.807, 2.05) is 25.8 Å². The van der Waals surface area contributed by atoms with E-state index in [0.717, 1.165) is 38.6 Å². The molecule has 1 rings (SSSR count). The molecule has 1 N–H and O–H groups in total. The number of amides is 1. The van der Waals surface area contributed by atoms with Gasteiger partial charge in [-0.2, -0.15) is 0 Å². The summed E-state index contributed by atoms with van der Waals surface area (Å²) in [5.74, 6) is 1.07. The summed E-state index contributed by atoms with van der Waals surface area (Å²) in [6.07, 6.45) is 2.43. The molecule has 1 aliphatic heterocycles. The van der Waals surface area contributed by atoms with E-state index in [9.17, 15) is 4.79 Å². The summed E-state index contributed by atoms with van der Waals surface area (Å²) in [6, 6.07) is 0. The van der Waals surface area contributed by atoms with E-state index >= 15 is 0 Å². The number of carbonyl (C=O) groups excluding carboxylic acids is 1. The van der Waals surface area contributed by atoms with Crippen molar-refractivity contribution >= 4 is 18.3 Å². The normalized spacial score (nSPS) is 17.3. The lowest BCUT2D eigenvalue weighted by Gasteiger charge is -2.32. The van der Waals surface area contributed by atoms with E-state index in [-0.39, 0.29) is 18.3 Å². The van der Waals surface area contributed by atoms with Crippen LogP contribution in [0, 0.1) is 5.92 Å².